The lowest BCUT2D eigenvalue weighted by Gasteiger charge is -2.13. The molecule has 1 aromatic rings. The second-order valence-corrected chi connectivity index (χ2v) is 3.50. The van der Waals surface area contributed by atoms with Crippen LogP contribution in [-0.4, -0.2) is 37.1 Å². The van der Waals surface area contributed by atoms with Crippen molar-refractivity contribution < 1.29 is 19.7 Å². The predicted octanol–water partition coefficient (Wildman–Crippen LogP) is 0.693. The summed E-state index contributed by atoms with van der Waals surface area (Å²) in [6.45, 7) is -0.0918. The molecule has 0 saturated heterocycles. The zero-order valence-corrected chi connectivity index (χ0v) is 10.7. The molecule has 0 aliphatic heterocycles. The highest BCUT2D eigenvalue weighted by atomic mass is 35.5. The van der Waals surface area contributed by atoms with Gasteiger partial charge in [-0.1, -0.05) is 0 Å². The Morgan fingerprint density at radius 2 is 1.71 bits per heavy atom. The fourth-order valence-corrected chi connectivity index (χ4v) is 1.43. The molecule has 1 unspecified atom stereocenters. The SMILES string of the molecule is COc1cc(CC(N)CO)cc(OC)c1O.Cl. The molecule has 0 aromatic heterocycles. The first-order chi connectivity index (χ1) is 7.62. The van der Waals surface area contributed by atoms with Gasteiger partial charge in [0.2, 0.25) is 5.75 Å². The van der Waals surface area contributed by atoms with Gasteiger partial charge >= 0.3 is 0 Å². The summed E-state index contributed by atoms with van der Waals surface area (Å²) < 4.78 is 10.0. The summed E-state index contributed by atoms with van der Waals surface area (Å²) in [6.07, 6.45) is 0.490. The van der Waals surface area contributed by atoms with E-state index in [-0.39, 0.29) is 30.8 Å². The summed E-state index contributed by atoms with van der Waals surface area (Å²) in [4.78, 5) is 0. The van der Waals surface area contributed by atoms with Gasteiger partial charge in [0.05, 0.1) is 20.8 Å². The Kier molecular flexibility index (Phi) is 6.72. The van der Waals surface area contributed by atoms with E-state index in [9.17, 15) is 5.11 Å². The van der Waals surface area contributed by atoms with Crippen molar-refractivity contribution in [2.45, 2.75) is 12.5 Å². The second kappa shape index (κ2) is 7.21. The third kappa shape index (κ3) is 3.96. The van der Waals surface area contributed by atoms with Gasteiger partial charge in [-0.3, -0.25) is 0 Å². The van der Waals surface area contributed by atoms with Crippen molar-refractivity contribution in [2.75, 3.05) is 20.8 Å². The average molecular weight is 264 g/mol. The molecule has 0 spiro atoms. The molecule has 1 rings (SSSR count). The van der Waals surface area contributed by atoms with E-state index in [0.717, 1.165) is 5.56 Å². The van der Waals surface area contributed by atoms with Crippen LogP contribution in [-0.2, 0) is 6.42 Å². The van der Waals surface area contributed by atoms with Crippen molar-refractivity contribution in [3.8, 4) is 17.2 Å². The summed E-state index contributed by atoms with van der Waals surface area (Å²) in [7, 11) is 2.93. The van der Waals surface area contributed by atoms with Gasteiger partial charge in [0.25, 0.3) is 0 Å². The van der Waals surface area contributed by atoms with Gasteiger partial charge in [-0.15, -0.1) is 12.4 Å². The number of nitrogens with two attached hydrogens (primary N) is 1. The molecular weight excluding hydrogens is 246 g/mol. The van der Waals surface area contributed by atoms with Gasteiger partial charge < -0.3 is 25.4 Å². The van der Waals surface area contributed by atoms with Crippen LogP contribution in [0.3, 0.4) is 0 Å². The Bertz CT molecular complexity index is 334. The van der Waals surface area contributed by atoms with Crippen LogP contribution in [0.25, 0.3) is 0 Å². The Labute approximate surface area is 107 Å². The Balaban J connectivity index is 0.00000256. The zero-order chi connectivity index (χ0) is 12.1. The summed E-state index contributed by atoms with van der Waals surface area (Å²) >= 11 is 0. The lowest BCUT2D eigenvalue weighted by atomic mass is 10.1. The molecule has 0 amide bonds. The van der Waals surface area contributed by atoms with Crippen LogP contribution >= 0.6 is 12.4 Å². The molecule has 0 bridgehead atoms. The highest BCUT2D eigenvalue weighted by Gasteiger charge is 2.12. The van der Waals surface area contributed by atoms with Crippen LogP contribution in [0.15, 0.2) is 12.1 Å². The van der Waals surface area contributed by atoms with Crippen molar-refractivity contribution in [3.63, 3.8) is 0 Å². The maximum atomic E-state index is 9.67. The monoisotopic (exact) mass is 263 g/mol. The van der Waals surface area contributed by atoms with E-state index < -0.39 is 0 Å². The molecule has 5 nitrogen and oxygen atoms in total. The van der Waals surface area contributed by atoms with Gasteiger partial charge in [0.1, 0.15) is 0 Å². The number of aromatic hydroxyl groups is 1. The highest BCUT2D eigenvalue weighted by Crippen LogP contribution is 2.37. The van der Waals surface area contributed by atoms with Gasteiger partial charge in [0.15, 0.2) is 11.5 Å². The van der Waals surface area contributed by atoms with E-state index in [0.29, 0.717) is 17.9 Å². The largest absolute Gasteiger partial charge is 0.502 e. The number of hydrogen-bond acceptors (Lipinski definition) is 5. The number of ether oxygens (including phenoxy) is 2. The molecule has 1 atom stereocenters. The van der Waals surface area contributed by atoms with E-state index in [2.05, 4.69) is 0 Å². The molecule has 4 N–H and O–H groups in total. The number of aliphatic hydroxyl groups excluding tert-OH is 1. The smallest absolute Gasteiger partial charge is 0.200 e. The molecular formula is C11H18ClNO4. The molecule has 0 aliphatic rings. The summed E-state index contributed by atoms with van der Waals surface area (Å²) in [5, 5.41) is 18.5. The van der Waals surface area contributed by atoms with E-state index in [1.165, 1.54) is 14.2 Å². The Hall–Kier alpha value is -1.17. The van der Waals surface area contributed by atoms with E-state index in [1.807, 2.05) is 0 Å². The predicted molar refractivity (Wildman–Crippen MR) is 67.2 cm³/mol. The van der Waals surface area contributed by atoms with Gasteiger partial charge in [-0.05, 0) is 24.1 Å². The lowest BCUT2D eigenvalue weighted by Crippen LogP contribution is -2.26. The number of halogens is 1. The zero-order valence-electron chi connectivity index (χ0n) is 9.84. The molecule has 0 heterocycles. The number of phenols is 1. The van der Waals surface area contributed by atoms with Crippen molar-refractivity contribution in [1.82, 2.24) is 0 Å². The lowest BCUT2D eigenvalue weighted by molar-refractivity contribution is 0.265. The quantitative estimate of drug-likeness (QED) is 0.728. The third-order valence-electron chi connectivity index (χ3n) is 2.27. The summed E-state index contributed by atoms with van der Waals surface area (Å²) in [6, 6.07) is 3.01. The number of rotatable bonds is 5. The molecule has 17 heavy (non-hydrogen) atoms. The van der Waals surface area contributed by atoms with Crippen LogP contribution in [0.1, 0.15) is 5.56 Å². The minimum absolute atomic E-state index is 0. The number of methoxy groups -OCH3 is 2. The van der Waals surface area contributed by atoms with E-state index >= 15 is 0 Å². The molecule has 0 aliphatic carbocycles. The number of aliphatic hydroxyl groups is 1. The second-order valence-electron chi connectivity index (χ2n) is 3.50. The first-order valence-corrected chi connectivity index (χ1v) is 4.92. The minimum Gasteiger partial charge on any atom is -0.502 e. The molecule has 98 valence electrons. The maximum Gasteiger partial charge on any atom is 0.200 e. The van der Waals surface area contributed by atoms with Crippen LogP contribution in [0.5, 0.6) is 17.2 Å². The molecule has 0 radical (unpaired) electrons. The third-order valence-corrected chi connectivity index (χ3v) is 2.27. The van der Waals surface area contributed by atoms with Gasteiger partial charge in [-0.2, -0.15) is 0 Å². The van der Waals surface area contributed by atoms with Crippen LogP contribution in [0.4, 0.5) is 0 Å². The highest BCUT2D eigenvalue weighted by molar-refractivity contribution is 5.85. The van der Waals surface area contributed by atoms with Crippen molar-refractivity contribution in [1.29, 1.82) is 0 Å². The first kappa shape index (κ1) is 15.8. The van der Waals surface area contributed by atoms with Crippen LogP contribution in [0, 0.1) is 0 Å². The van der Waals surface area contributed by atoms with Crippen LogP contribution in [0.2, 0.25) is 0 Å². The topological polar surface area (TPSA) is 84.9 Å². The normalized spacial score (nSPS) is 11.5. The molecule has 0 saturated carbocycles. The van der Waals surface area contributed by atoms with E-state index in [1.54, 1.807) is 12.1 Å². The van der Waals surface area contributed by atoms with Crippen LogP contribution < -0.4 is 15.2 Å². The Morgan fingerprint density at radius 1 is 1.24 bits per heavy atom. The molecule has 1 aromatic carbocycles. The minimum atomic E-state index is -0.334. The summed E-state index contributed by atoms with van der Waals surface area (Å²) in [5.41, 5.74) is 6.47. The number of hydrogen-bond donors (Lipinski definition) is 3. The van der Waals surface area contributed by atoms with Gasteiger partial charge in [-0.25, -0.2) is 0 Å². The van der Waals surface area contributed by atoms with E-state index in [4.69, 9.17) is 20.3 Å². The standard InChI is InChI=1S/C11H17NO4.ClH/c1-15-9-4-7(3-8(12)6-13)5-10(16-2)11(9)14;/h4-5,8,13-14H,3,6,12H2,1-2H3;1H. The van der Waals surface area contributed by atoms with Crippen molar-refractivity contribution in [3.05, 3.63) is 17.7 Å². The molecule has 6 heteroatoms. The van der Waals surface area contributed by atoms with Crippen molar-refractivity contribution >= 4 is 12.4 Å². The van der Waals surface area contributed by atoms with Crippen molar-refractivity contribution in [2.24, 2.45) is 5.73 Å². The number of benzene rings is 1. The number of phenolic OH excluding ortho intramolecular Hbond substituents is 1. The fourth-order valence-electron chi connectivity index (χ4n) is 1.43. The fraction of sp³-hybridized carbons (Fsp3) is 0.455. The first-order valence-electron chi connectivity index (χ1n) is 4.92. The Morgan fingerprint density at radius 3 is 2.06 bits per heavy atom. The summed E-state index contributed by atoms with van der Waals surface area (Å²) in [5.74, 6) is 0.630. The maximum absolute atomic E-state index is 9.67. The molecule has 0 fully saturated rings. The average Bonchev–Trinajstić information content (AvgIpc) is 2.30. The van der Waals surface area contributed by atoms with Gasteiger partial charge in [0, 0.05) is 6.04 Å².